The van der Waals surface area contributed by atoms with Gasteiger partial charge in [-0.2, -0.15) is 0 Å². The Morgan fingerprint density at radius 2 is 0.930 bits per heavy atom. The zero-order valence-electron chi connectivity index (χ0n) is 40.3. The van der Waals surface area contributed by atoms with E-state index in [4.69, 9.17) is 15.2 Å². The third kappa shape index (κ3) is 18.7. The first-order valence-corrected chi connectivity index (χ1v) is 22.1. The van der Waals surface area contributed by atoms with Crippen molar-refractivity contribution in [3.05, 3.63) is 184 Å². The molecule has 0 unspecified atom stereocenters. The molecule has 0 atom stereocenters. The summed E-state index contributed by atoms with van der Waals surface area (Å²) in [5.41, 5.74) is 26.6. The van der Waals surface area contributed by atoms with Crippen LogP contribution in [0.4, 0.5) is 31.4 Å². The lowest BCUT2D eigenvalue weighted by molar-refractivity contribution is 0.0931. The van der Waals surface area contributed by atoms with Crippen molar-refractivity contribution in [2.24, 2.45) is 5.73 Å². The van der Waals surface area contributed by atoms with E-state index >= 15 is 0 Å². The quantitative estimate of drug-likeness (QED) is 0.0563. The SMILES string of the molecule is CCOc1ccc(C(=O)NNC(=O)Nc2ccccc2)cc1.Cc1ccc(NC(=O)NNC(=O)c2ccc(C(N)=O)cc2)cc1C.Cc1cccc(NC(=O)NNC(=O)c2ccc(OC(C)C)cc2)c1C. The molecular formula is C52H58N10O9. The number of urea groups is 3. The first-order chi connectivity index (χ1) is 33.9. The molecule has 0 saturated heterocycles. The molecule has 0 aromatic heterocycles. The van der Waals surface area contributed by atoms with Crippen molar-refractivity contribution < 1.29 is 43.0 Å². The number of para-hydroxylation sites is 1. The average molecular weight is 967 g/mol. The van der Waals surface area contributed by atoms with Crippen molar-refractivity contribution in [2.75, 3.05) is 22.6 Å². The van der Waals surface area contributed by atoms with Gasteiger partial charge in [-0.15, -0.1) is 0 Å². The molecule has 6 aromatic carbocycles. The first-order valence-electron chi connectivity index (χ1n) is 22.1. The Hall–Kier alpha value is -9.39. The topological polar surface area (TPSA) is 272 Å². The van der Waals surface area contributed by atoms with E-state index in [2.05, 4.69) is 48.5 Å². The van der Waals surface area contributed by atoms with Gasteiger partial charge in [-0.1, -0.05) is 36.4 Å². The van der Waals surface area contributed by atoms with Crippen LogP contribution in [0.1, 0.15) is 84.5 Å². The third-order valence-electron chi connectivity index (χ3n) is 9.87. The molecule has 0 fully saturated rings. The maximum atomic E-state index is 12.1. The second-order valence-electron chi connectivity index (χ2n) is 15.6. The summed E-state index contributed by atoms with van der Waals surface area (Å²) in [5.74, 6) is -0.534. The van der Waals surface area contributed by atoms with Crippen LogP contribution in [0.2, 0.25) is 0 Å². The number of ether oxygens (including phenoxy) is 2. The number of hydrazine groups is 3. The molecule has 11 N–H and O–H groups in total. The zero-order valence-corrected chi connectivity index (χ0v) is 40.3. The normalized spacial score (nSPS) is 9.97. The Morgan fingerprint density at radius 1 is 0.465 bits per heavy atom. The number of anilines is 3. The van der Waals surface area contributed by atoms with Gasteiger partial charge in [0.05, 0.1) is 12.7 Å². The van der Waals surface area contributed by atoms with Crippen molar-refractivity contribution in [3.63, 3.8) is 0 Å². The molecule has 0 radical (unpaired) electrons. The highest BCUT2D eigenvalue weighted by atomic mass is 16.5. The van der Waals surface area contributed by atoms with Gasteiger partial charge in [-0.25, -0.2) is 30.7 Å². The fourth-order valence-electron chi connectivity index (χ4n) is 5.87. The highest BCUT2D eigenvalue weighted by Crippen LogP contribution is 2.18. The van der Waals surface area contributed by atoms with Crippen LogP contribution in [-0.2, 0) is 0 Å². The van der Waals surface area contributed by atoms with E-state index in [-0.39, 0.29) is 11.7 Å². The number of hydrogen-bond donors (Lipinski definition) is 10. The van der Waals surface area contributed by atoms with Gasteiger partial charge in [-0.3, -0.25) is 35.5 Å². The Kier molecular flexibility index (Phi) is 20.9. The van der Waals surface area contributed by atoms with E-state index in [1.807, 2.05) is 78.8 Å². The van der Waals surface area contributed by atoms with Crippen LogP contribution in [0, 0.1) is 27.7 Å². The lowest BCUT2D eigenvalue weighted by Gasteiger charge is -2.12. The van der Waals surface area contributed by atoms with Gasteiger partial charge in [0.15, 0.2) is 0 Å². The molecule has 0 heterocycles. The summed E-state index contributed by atoms with van der Waals surface area (Å²) in [5, 5.41) is 7.91. The van der Waals surface area contributed by atoms with Gasteiger partial charge < -0.3 is 31.2 Å². The predicted octanol–water partition coefficient (Wildman–Crippen LogP) is 7.98. The summed E-state index contributed by atoms with van der Waals surface area (Å²) >= 11 is 0. The molecule has 0 aliphatic carbocycles. The number of nitrogens with one attached hydrogen (secondary N) is 9. The summed E-state index contributed by atoms with van der Waals surface area (Å²) in [6, 6.07) is 37.5. The summed E-state index contributed by atoms with van der Waals surface area (Å²) in [4.78, 5) is 82.2. The fourth-order valence-corrected chi connectivity index (χ4v) is 5.87. The first kappa shape index (κ1) is 54.2. The number of primary amides is 1. The van der Waals surface area contributed by atoms with Crippen LogP contribution >= 0.6 is 0 Å². The third-order valence-corrected chi connectivity index (χ3v) is 9.87. The van der Waals surface area contributed by atoms with E-state index in [0.717, 1.165) is 22.3 Å². The smallest absolute Gasteiger partial charge is 0.337 e. The Bertz CT molecular complexity index is 2770. The van der Waals surface area contributed by atoms with Crippen molar-refractivity contribution in [1.82, 2.24) is 32.6 Å². The van der Waals surface area contributed by atoms with Crippen LogP contribution in [0.3, 0.4) is 0 Å². The number of nitrogens with two attached hydrogens (primary N) is 1. The summed E-state index contributed by atoms with van der Waals surface area (Å²) in [7, 11) is 0. The van der Waals surface area contributed by atoms with Gasteiger partial charge in [0.1, 0.15) is 11.5 Å². The molecule has 6 rings (SSSR count). The van der Waals surface area contributed by atoms with Gasteiger partial charge >= 0.3 is 18.1 Å². The number of rotatable bonds is 11. The van der Waals surface area contributed by atoms with Crippen LogP contribution in [0.5, 0.6) is 11.5 Å². The standard InChI is InChI=1S/C19H23N3O3.C17H18N4O3.C16H17N3O3/c1-12(2)25-16-10-8-15(9-11-16)18(23)21-22-19(24)20-17-7-5-6-13(3)14(17)4;1-10-3-8-14(9-11(10)2)19-17(24)21-20-16(23)13-6-4-12(5-7-13)15(18)22;1-2-22-14-10-8-12(9-11-14)15(20)18-19-16(21)17-13-6-4-3-5-7-13/h5-12H,1-4H3,(H,21,23)(H2,20,22,24);3-9H,1-2H3,(H2,18,22)(H,20,23)(H2,19,21,24);3-11H,2H2,1H3,(H,18,20)(H2,17,19,21). The van der Waals surface area contributed by atoms with Gasteiger partial charge in [0.2, 0.25) is 5.91 Å². The highest BCUT2D eigenvalue weighted by Gasteiger charge is 2.12. The van der Waals surface area contributed by atoms with Crippen LogP contribution < -0.4 is 63.7 Å². The molecular weight excluding hydrogens is 909 g/mol. The number of amides is 10. The fraction of sp³-hybridized carbons (Fsp3) is 0.173. The number of hydrogen-bond acceptors (Lipinski definition) is 9. The van der Waals surface area contributed by atoms with E-state index in [9.17, 15) is 33.6 Å². The molecule has 6 aromatic rings. The molecule has 19 heteroatoms. The molecule has 370 valence electrons. The monoisotopic (exact) mass is 966 g/mol. The van der Waals surface area contributed by atoms with Crippen LogP contribution in [-0.4, -0.2) is 54.4 Å². The minimum atomic E-state index is -0.576. The number of aryl methyl sites for hydroxylation is 3. The lowest BCUT2D eigenvalue weighted by atomic mass is 10.1. The summed E-state index contributed by atoms with van der Waals surface area (Å²) < 4.78 is 10.8. The number of carbonyl (C=O) groups excluding carboxylic acids is 7. The van der Waals surface area contributed by atoms with Gasteiger partial charge in [0, 0.05) is 39.3 Å². The van der Waals surface area contributed by atoms with E-state index in [1.165, 1.54) is 24.3 Å². The number of carbonyl (C=O) groups is 7. The molecule has 19 nitrogen and oxygen atoms in total. The molecule has 0 bridgehead atoms. The Morgan fingerprint density at radius 3 is 1.41 bits per heavy atom. The highest BCUT2D eigenvalue weighted by molar-refractivity contribution is 6.00. The van der Waals surface area contributed by atoms with Crippen molar-refractivity contribution in [2.45, 2.75) is 54.6 Å². The van der Waals surface area contributed by atoms with Crippen LogP contribution in [0.25, 0.3) is 0 Å². The maximum absolute atomic E-state index is 12.1. The second-order valence-corrected chi connectivity index (χ2v) is 15.6. The van der Waals surface area contributed by atoms with Crippen molar-refractivity contribution in [1.29, 1.82) is 0 Å². The minimum absolute atomic E-state index is 0.0649. The average Bonchev–Trinajstić information content (AvgIpc) is 3.35. The summed E-state index contributed by atoms with van der Waals surface area (Å²) in [6.45, 7) is 14.1. The minimum Gasteiger partial charge on any atom is -0.494 e. The van der Waals surface area contributed by atoms with E-state index in [0.29, 0.717) is 51.9 Å². The second kappa shape index (κ2) is 27.4. The molecule has 0 spiro atoms. The molecule has 0 saturated carbocycles. The molecule has 0 aliphatic rings. The van der Waals surface area contributed by atoms with E-state index < -0.39 is 41.7 Å². The summed E-state index contributed by atoms with van der Waals surface area (Å²) in [6.07, 6.45) is 0.0649. The number of benzene rings is 6. The zero-order chi connectivity index (χ0) is 51.9. The molecule has 71 heavy (non-hydrogen) atoms. The van der Waals surface area contributed by atoms with E-state index in [1.54, 1.807) is 84.9 Å². The largest absolute Gasteiger partial charge is 0.494 e. The van der Waals surface area contributed by atoms with Crippen molar-refractivity contribution >= 4 is 58.8 Å². The van der Waals surface area contributed by atoms with Gasteiger partial charge in [-0.05, 0) is 174 Å². The Balaban J connectivity index is 0.000000232. The van der Waals surface area contributed by atoms with Crippen molar-refractivity contribution in [3.8, 4) is 11.5 Å². The maximum Gasteiger partial charge on any atom is 0.337 e. The predicted molar refractivity (Wildman–Crippen MR) is 272 cm³/mol. The van der Waals surface area contributed by atoms with Gasteiger partial charge in [0.25, 0.3) is 17.7 Å². The lowest BCUT2D eigenvalue weighted by Crippen LogP contribution is -2.44. The Labute approximate surface area is 411 Å². The van der Waals surface area contributed by atoms with Crippen LogP contribution in [0.15, 0.2) is 140 Å². The molecule has 0 aliphatic heterocycles. The molecule has 10 amide bonds.